The highest BCUT2D eigenvalue weighted by Crippen LogP contribution is 2.24. The lowest BCUT2D eigenvalue weighted by Gasteiger charge is -2.20. The Morgan fingerprint density at radius 3 is 2.39 bits per heavy atom. The first-order chi connectivity index (χ1) is 12.9. The van der Waals surface area contributed by atoms with Crippen LogP contribution in [0.5, 0.6) is 5.75 Å². The zero-order valence-corrected chi connectivity index (χ0v) is 17.8. The lowest BCUT2D eigenvalue weighted by Crippen LogP contribution is -2.32. The van der Waals surface area contributed by atoms with Gasteiger partial charge in [0.1, 0.15) is 5.75 Å². The van der Waals surface area contributed by atoms with Crippen molar-refractivity contribution >= 4 is 34.0 Å². The van der Waals surface area contributed by atoms with Gasteiger partial charge in [-0.2, -0.15) is 0 Å². The summed E-state index contributed by atoms with van der Waals surface area (Å²) < 4.78 is 32.1. The molecule has 1 amide bonds. The zero-order valence-electron chi connectivity index (χ0n) is 16.1. The number of benzene rings is 2. The van der Waals surface area contributed by atoms with Crippen LogP contribution >= 0.6 is 12.4 Å². The van der Waals surface area contributed by atoms with E-state index in [1.54, 1.807) is 43.5 Å². The molecule has 0 fully saturated rings. The van der Waals surface area contributed by atoms with Gasteiger partial charge in [-0.3, -0.25) is 9.10 Å². The summed E-state index contributed by atoms with van der Waals surface area (Å²) in [7, 11) is -0.778. The second-order valence-electron chi connectivity index (χ2n) is 5.81. The number of rotatable bonds is 9. The highest BCUT2D eigenvalue weighted by molar-refractivity contribution is 7.92. The summed E-state index contributed by atoms with van der Waals surface area (Å²) in [5.74, 6) is 0.331. The Kier molecular flexibility index (Phi) is 9.24. The molecule has 28 heavy (non-hydrogen) atoms. The van der Waals surface area contributed by atoms with E-state index < -0.39 is 10.0 Å². The van der Waals surface area contributed by atoms with Crippen LogP contribution in [0.3, 0.4) is 0 Å². The fourth-order valence-corrected chi connectivity index (χ4v) is 3.67. The minimum absolute atomic E-state index is 0. The Morgan fingerprint density at radius 2 is 1.79 bits per heavy atom. The number of methoxy groups -OCH3 is 1. The first kappa shape index (κ1) is 23.7. The molecule has 0 saturated carbocycles. The topological polar surface area (TPSA) is 87.7 Å². The molecule has 0 atom stereocenters. The molecule has 0 bridgehead atoms. The van der Waals surface area contributed by atoms with Crippen molar-refractivity contribution in [2.45, 2.75) is 11.8 Å². The smallest absolute Gasteiger partial charge is 0.264 e. The van der Waals surface area contributed by atoms with Gasteiger partial charge in [-0.05, 0) is 49.0 Å². The molecule has 0 unspecified atom stereocenters. The first-order valence-electron chi connectivity index (χ1n) is 8.62. The molecule has 0 aliphatic rings. The first-order valence-corrected chi connectivity index (χ1v) is 10.1. The molecule has 2 rings (SSSR count). The summed E-state index contributed by atoms with van der Waals surface area (Å²) in [4.78, 5) is 12.3. The van der Waals surface area contributed by atoms with Crippen molar-refractivity contribution in [1.82, 2.24) is 10.6 Å². The van der Waals surface area contributed by atoms with Crippen LogP contribution in [-0.2, 0) is 10.0 Å². The lowest BCUT2D eigenvalue weighted by molar-refractivity contribution is 0.0953. The Labute approximate surface area is 172 Å². The molecular formula is C19H26ClN3O4S. The number of carbonyl (C=O) groups excluding carboxylic acids is 1. The molecule has 154 valence electrons. The number of nitrogens with one attached hydrogen (secondary N) is 2. The Morgan fingerprint density at radius 1 is 1.11 bits per heavy atom. The third kappa shape index (κ3) is 5.85. The van der Waals surface area contributed by atoms with Crippen LogP contribution in [0.15, 0.2) is 53.4 Å². The maximum absolute atomic E-state index is 12.9. The van der Waals surface area contributed by atoms with Crippen molar-refractivity contribution in [3.63, 3.8) is 0 Å². The fraction of sp³-hybridized carbons (Fsp3) is 0.316. The average Bonchev–Trinajstić information content (AvgIpc) is 2.70. The van der Waals surface area contributed by atoms with Crippen LogP contribution in [0.4, 0.5) is 5.69 Å². The van der Waals surface area contributed by atoms with Gasteiger partial charge in [0.25, 0.3) is 15.9 Å². The standard InChI is InChI=1S/C19H25N3O4S.ClH/c1-4-20-12-13-21-19(23)15-6-5-7-18(14-15)27(24,25)22(2)16-8-10-17(26-3)11-9-16;/h5-11,14,20H,4,12-13H2,1-3H3,(H,21,23);1H. The molecule has 0 aliphatic carbocycles. The van der Waals surface area contributed by atoms with Crippen LogP contribution in [0.25, 0.3) is 0 Å². The normalized spacial score (nSPS) is 10.7. The van der Waals surface area contributed by atoms with Gasteiger partial charge < -0.3 is 15.4 Å². The molecule has 2 aromatic carbocycles. The Balaban J connectivity index is 0.00000392. The summed E-state index contributed by atoms with van der Waals surface area (Å²) >= 11 is 0. The molecule has 9 heteroatoms. The summed E-state index contributed by atoms with van der Waals surface area (Å²) in [6, 6.07) is 12.7. The van der Waals surface area contributed by atoms with Crippen LogP contribution < -0.4 is 19.7 Å². The number of hydrogen-bond donors (Lipinski definition) is 2. The number of nitrogens with zero attached hydrogens (tertiary/aromatic N) is 1. The second-order valence-corrected chi connectivity index (χ2v) is 7.78. The monoisotopic (exact) mass is 427 g/mol. The Bertz CT molecular complexity index is 873. The number of halogens is 1. The van der Waals surface area contributed by atoms with Crippen molar-refractivity contribution in [3.8, 4) is 5.75 Å². The van der Waals surface area contributed by atoms with E-state index in [-0.39, 0.29) is 23.2 Å². The minimum Gasteiger partial charge on any atom is -0.497 e. The number of amides is 1. The number of likely N-dealkylation sites (N-methyl/N-ethyl adjacent to an activating group) is 1. The van der Waals surface area contributed by atoms with Gasteiger partial charge in [-0.15, -0.1) is 12.4 Å². The van der Waals surface area contributed by atoms with Crippen LogP contribution in [0.2, 0.25) is 0 Å². The average molecular weight is 428 g/mol. The van der Waals surface area contributed by atoms with E-state index in [0.29, 0.717) is 30.1 Å². The SMILES string of the molecule is CCNCCNC(=O)c1cccc(S(=O)(=O)N(C)c2ccc(OC)cc2)c1.Cl. The summed E-state index contributed by atoms with van der Waals surface area (Å²) in [5.41, 5.74) is 0.798. The number of ether oxygens (including phenoxy) is 1. The maximum Gasteiger partial charge on any atom is 0.264 e. The van der Waals surface area contributed by atoms with E-state index in [1.807, 2.05) is 6.92 Å². The van der Waals surface area contributed by atoms with Crippen molar-refractivity contribution in [1.29, 1.82) is 0 Å². The van der Waals surface area contributed by atoms with E-state index in [0.717, 1.165) is 6.54 Å². The maximum atomic E-state index is 12.9. The van der Waals surface area contributed by atoms with Crippen molar-refractivity contribution in [2.24, 2.45) is 0 Å². The van der Waals surface area contributed by atoms with Crippen LogP contribution in [0.1, 0.15) is 17.3 Å². The molecule has 0 aromatic heterocycles. The number of carbonyl (C=O) groups is 1. The van der Waals surface area contributed by atoms with Gasteiger partial charge >= 0.3 is 0 Å². The predicted octanol–water partition coefficient (Wildman–Crippen LogP) is 2.28. The number of sulfonamides is 1. The van der Waals surface area contributed by atoms with Crippen LogP contribution in [-0.4, -0.2) is 48.1 Å². The third-order valence-electron chi connectivity index (χ3n) is 4.03. The van der Waals surface area contributed by atoms with Gasteiger partial charge in [0.05, 0.1) is 17.7 Å². The van der Waals surface area contributed by atoms with E-state index in [4.69, 9.17) is 4.74 Å². The quantitative estimate of drug-likeness (QED) is 0.599. The van der Waals surface area contributed by atoms with Crippen molar-refractivity contribution in [2.75, 3.05) is 38.1 Å². The van der Waals surface area contributed by atoms with Crippen molar-refractivity contribution < 1.29 is 17.9 Å². The van der Waals surface area contributed by atoms with Crippen molar-refractivity contribution in [3.05, 3.63) is 54.1 Å². The molecule has 0 heterocycles. The number of anilines is 1. The lowest BCUT2D eigenvalue weighted by atomic mass is 10.2. The highest BCUT2D eigenvalue weighted by atomic mass is 35.5. The zero-order chi connectivity index (χ0) is 19.9. The van der Waals surface area contributed by atoms with Gasteiger partial charge in [0.15, 0.2) is 0 Å². The van der Waals surface area contributed by atoms with Crippen LogP contribution in [0, 0.1) is 0 Å². The largest absolute Gasteiger partial charge is 0.497 e. The molecule has 2 N–H and O–H groups in total. The second kappa shape index (κ2) is 10.9. The highest BCUT2D eigenvalue weighted by Gasteiger charge is 2.22. The third-order valence-corrected chi connectivity index (χ3v) is 5.81. The minimum atomic E-state index is -3.80. The molecule has 7 nitrogen and oxygen atoms in total. The van der Waals surface area contributed by atoms with E-state index in [2.05, 4.69) is 10.6 Å². The Hall–Kier alpha value is -2.29. The molecule has 0 aliphatic heterocycles. The number of hydrogen-bond acceptors (Lipinski definition) is 5. The van der Waals surface area contributed by atoms with Gasteiger partial charge in [0.2, 0.25) is 0 Å². The molecular weight excluding hydrogens is 402 g/mol. The van der Waals surface area contributed by atoms with Gasteiger partial charge in [0, 0.05) is 25.7 Å². The molecule has 2 aromatic rings. The van der Waals surface area contributed by atoms with E-state index >= 15 is 0 Å². The molecule has 0 radical (unpaired) electrons. The van der Waals surface area contributed by atoms with E-state index in [9.17, 15) is 13.2 Å². The van der Waals surface area contributed by atoms with Gasteiger partial charge in [-0.25, -0.2) is 8.42 Å². The fourth-order valence-electron chi connectivity index (χ4n) is 2.43. The molecule has 0 spiro atoms. The van der Waals surface area contributed by atoms with E-state index in [1.165, 1.54) is 23.5 Å². The summed E-state index contributed by atoms with van der Waals surface area (Å²) in [6.07, 6.45) is 0. The molecule has 0 saturated heterocycles. The van der Waals surface area contributed by atoms with Gasteiger partial charge in [-0.1, -0.05) is 13.0 Å². The predicted molar refractivity (Wildman–Crippen MR) is 113 cm³/mol. The summed E-state index contributed by atoms with van der Waals surface area (Å²) in [6.45, 7) is 3.92. The summed E-state index contributed by atoms with van der Waals surface area (Å²) in [5, 5.41) is 5.87.